The van der Waals surface area contributed by atoms with Gasteiger partial charge in [-0.15, -0.1) is 0 Å². The number of carbonyl (C=O) groups is 2. The van der Waals surface area contributed by atoms with Crippen molar-refractivity contribution in [3.63, 3.8) is 0 Å². The molecular formula is C25H29NO7. The van der Waals surface area contributed by atoms with E-state index in [4.69, 9.17) is 18.9 Å². The summed E-state index contributed by atoms with van der Waals surface area (Å²) in [6, 6.07) is 10.1. The molecule has 176 valence electrons. The molecule has 0 amide bonds. The second kappa shape index (κ2) is 10.8. The second-order valence-electron chi connectivity index (χ2n) is 7.03. The number of fused-ring (bicyclic) bond motifs is 1. The summed E-state index contributed by atoms with van der Waals surface area (Å²) < 4.78 is 24.0. The number of benzene rings is 2. The number of esters is 2. The number of carbonyl (C=O) groups excluding carboxylic acids is 2. The molecule has 0 aliphatic rings. The van der Waals surface area contributed by atoms with Crippen LogP contribution in [0.5, 0.6) is 17.2 Å². The highest BCUT2D eigenvalue weighted by Crippen LogP contribution is 2.40. The van der Waals surface area contributed by atoms with Crippen molar-refractivity contribution in [3.05, 3.63) is 47.7 Å². The number of para-hydroxylation sites is 1. The number of rotatable bonds is 10. The van der Waals surface area contributed by atoms with Gasteiger partial charge in [0.2, 0.25) is 0 Å². The maximum absolute atomic E-state index is 13.0. The Bertz CT molecular complexity index is 1150. The van der Waals surface area contributed by atoms with Crippen LogP contribution in [0.2, 0.25) is 0 Å². The summed E-state index contributed by atoms with van der Waals surface area (Å²) in [5.41, 5.74) is 1.76. The van der Waals surface area contributed by atoms with Gasteiger partial charge in [-0.3, -0.25) is 4.79 Å². The number of ether oxygens (including phenoxy) is 4. The van der Waals surface area contributed by atoms with Gasteiger partial charge < -0.3 is 28.6 Å². The molecule has 0 aliphatic heterocycles. The van der Waals surface area contributed by atoms with E-state index in [1.165, 1.54) is 12.1 Å². The Hall–Kier alpha value is -3.68. The van der Waals surface area contributed by atoms with Gasteiger partial charge in [0.05, 0.1) is 49.6 Å². The molecule has 1 N–H and O–H groups in total. The Morgan fingerprint density at radius 2 is 1.64 bits per heavy atom. The molecule has 3 aromatic rings. The summed E-state index contributed by atoms with van der Waals surface area (Å²) in [5, 5.41) is 10.6. The highest BCUT2D eigenvalue weighted by molar-refractivity contribution is 6.08. The molecule has 2 aromatic carbocycles. The van der Waals surface area contributed by atoms with E-state index in [2.05, 4.69) is 0 Å². The van der Waals surface area contributed by atoms with Crippen LogP contribution in [0.4, 0.5) is 0 Å². The minimum atomic E-state index is -0.593. The lowest BCUT2D eigenvalue weighted by atomic mass is 10.1. The number of hydrogen-bond donors (Lipinski definition) is 1. The largest absolute Gasteiger partial charge is 0.508 e. The van der Waals surface area contributed by atoms with Crippen LogP contribution >= 0.6 is 0 Å². The maximum Gasteiger partial charge on any atom is 0.340 e. The Labute approximate surface area is 192 Å². The van der Waals surface area contributed by atoms with E-state index in [0.717, 1.165) is 0 Å². The lowest BCUT2D eigenvalue weighted by Gasteiger charge is -2.18. The van der Waals surface area contributed by atoms with E-state index in [9.17, 15) is 14.7 Å². The molecule has 0 unspecified atom stereocenters. The number of aromatic nitrogens is 1. The first-order valence-corrected chi connectivity index (χ1v) is 11.0. The van der Waals surface area contributed by atoms with Crippen molar-refractivity contribution in [2.75, 3.05) is 26.4 Å². The minimum absolute atomic E-state index is 0.0130. The average molecular weight is 456 g/mol. The highest BCUT2D eigenvalue weighted by atomic mass is 16.5. The minimum Gasteiger partial charge on any atom is -0.508 e. The Kier molecular flexibility index (Phi) is 7.82. The predicted octanol–water partition coefficient (Wildman–Crippen LogP) is 4.42. The monoisotopic (exact) mass is 455 g/mol. The molecule has 8 nitrogen and oxygen atoms in total. The van der Waals surface area contributed by atoms with Gasteiger partial charge in [0.15, 0.2) is 11.5 Å². The molecule has 1 aromatic heterocycles. The SMILES string of the molecule is CCOC(=O)Cc1c(C(=O)OCC)c2cc(O)ccc2n1-c1cccc(OCC)c1OCC. The second-order valence-corrected chi connectivity index (χ2v) is 7.03. The topological polar surface area (TPSA) is 96.2 Å². The van der Waals surface area contributed by atoms with Gasteiger partial charge in [-0.1, -0.05) is 6.07 Å². The van der Waals surface area contributed by atoms with Gasteiger partial charge in [-0.05, 0) is 58.0 Å². The van der Waals surface area contributed by atoms with Crippen molar-refractivity contribution in [1.29, 1.82) is 0 Å². The summed E-state index contributed by atoms with van der Waals surface area (Å²) >= 11 is 0. The zero-order valence-electron chi connectivity index (χ0n) is 19.3. The van der Waals surface area contributed by atoms with Gasteiger partial charge in [0, 0.05) is 11.1 Å². The van der Waals surface area contributed by atoms with Crippen LogP contribution in [0.15, 0.2) is 36.4 Å². The van der Waals surface area contributed by atoms with E-state index in [-0.39, 0.29) is 30.9 Å². The summed E-state index contributed by atoms with van der Waals surface area (Å²) in [7, 11) is 0. The molecule has 8 heteroatoms. The van der Waals surface area contributed by atoms with Crippen LogP contribution in [0, 0.1) is 0 Å². The molecule has 0 spiro atoms. The van der Waals surface area contributed by atoms with Gasteiger partial charge in [-0.25, -0.2) is 4.79 Å². The van der Waals surface area contributed by atoms with E-state index in [0.29, 0.717) is 47.0 Å². The molecule has 33 heavy (non-hydrogen) atoms. The number of phenols is 1. The molecule has 0 atom stereocenters. The average Bonchev–Trinajstić information content (AvgIpc) is 3.08. The molecule has 0 saturated heterocycles. The van der Waals surface area contributed by atoms with E-state index in [1.54, 1.807) is 30.5 Å². The number of phenolic OH excluding ortho intramolecular Hbond substituents is 1. The highest BCUT2D eigenvalue weighted by Gasteiger charge is 2.28. The van der Waals surface area contributed by atoms with Crippen molar-refractivity contribution in [1.82, 2.24) is 4.57 Å². The van der Waals surface area contributed by atoms with E-state index < -0.39 is 11.9 Å². The Balaban J connectivity index is 2.41. The predicted molar refractivity (Wildman–Crippen MR) is 124 cm³/mol. The van der Waals surface area contributed by atoms with E-state index in [1.807, 2.05) is 26.0 Å². The van der Waals surface area contributed by atoms with Crippen LogP contribution in [0.3, 0.4) is 0 Å². The van der Waals surface area contributed by atoms with Gasteiger partial charge in [0.25, 0.3) is 0 Å². The van der Waals surface area contributed by atoms with E-state index >= 15 is 0 Å². The number of aromatic hydroxyl groups is 1. The first-order chi connectivity index (χ1) is 16.0. The lowest BCUT2D eigenvalue weighted by Crippen LogP contribution is -2.16. The van der Waals surface area contributed by atoms with Gasteiger partial charge >= 0.3 is 11.9 Å². The molecule has 0 radical (unpaired) electrons. The molecule has 1 heterocycles. The fourth-order valence-electron chi connectivity index (χ4n) is 3.79. The number of hydrogen-bond acceptors (Lipinski definition) is 7. The Morgan fingerprint density at radius 1 is 0.909 bits per heavy atom. The summed E-state index contributed by atoms with van der Waals surface area (Å²) in [6.45, 7) is 8.35. The molecule has 0 bridgehead atoms. The van der Waals surface area contributed by atoms with Crippen molar-refractivity contribution in [3.8, 4) is 22.9 Å². The fourth-order valence-corrected chi connectivity index (χ4v) is 3.79. The summed E-state index contributed by atoms with van der Waals surface area (Å²) in [4.78, 5) is 25.6. The van der Waals surface area contributed by atoms with Gasteiger partial charge in [0.1, 0.15) is 5.75 Å². The number of nitrogens with zero attached hydrogens (tertiary/aromatic N) is 1. The third kappa shape index (κ3) is 4.89. The molecular weight excluding hydrogens is 426 g/mol. The standard InChI is InChI=1S/C25H29NO7/c1-5-30-21-11-9-10-19(24(21)32-7-3)26-18-13-12-16(27)14-17(18)23(25(29)33-8-4)20(26)15-22(28)31-6-2/h9-14,27H,5-8,15H2,1-4H3. The first-order valence-electron chi connectivity index (χ1n) is 11.0. The molecule has 0 saturated carbocycles. The molecule has 0 aliphatic carbocycles. The van der Waals surface area contributed by atoms with Crippen molar-refractivity contribution in [2.45, 2.75) is 34.1 Å². The third-order valence-electron chi connectivity index (χ3n) is 4.93. The smallest absolute Gasteiger partial charge is 0.340 e. The maximum atomic E-state index is 13.0. The fraction of sp³-hybridized carbons (Fsp3) is 0.360. The van der Waals surface area contributed by atoms with Crippen LogP contribution in [0.1, 0.15) is 43.7 Å². The van der Waals surface area contributed by atoms with Crippen LogP contribution in [0.25, 0.3) is 16.6 Å². The summed E-state index contributed by atoms with van der Waals surface area (Å²) in [5.74, 6) is -0.0779. The van der Waals surface area contributed by atoms with Crippen molar-refractivity contribution < 1.29 is 33.6 Å². The van der Waals surface area contributed by atoms with Crippen molar-refractivity contribution in [2.24, 2.45) is 0 Å². The normalized spacial score (nSPS) is 10.8. The zero-order valence-corrected chi connectivity index (χ0v) is 19.3. The lowest BCUT2D eigenvalue weighted by molar-refractivity contribution is -0.142. The van der Waals surface area contributed by atoms with Crippen LogP contribution < -0.4 is 9.47 Å². The quantitative estimate of drug-likeness (QED) is 0.452. The Morgan fingerprint density at radius 3 is 2.30 bits per heavy atom. The molecule has 3 rings (SSSR count). The third-order valence-corrected chi connectivity index (χ3v) is 4.93. The molecule has 0 fully saturated rings. The van der Waals surface area contributed by atoms with Gasteiger partial charge in [-0.2, -0.15) is 0 Å². The van der Waals surface area contributed by atoms with Crippen LogP contribution in [-0.2, 0) is 20.7 Å². The van der Waals surface area contributed by atoms with Crippen LogP contribution in [-0.4, -0.2) is 48.0 Å². The summed E-state index contributed by atoms with van der Waals surface area (Å²) in [6.07, 6.45) is -0.179. The first kappa shape index (κ1) is 24.0. The zero-order chi connectivity index (χ0) is 24.0. The van der Waals surface area contributed by atoms with Crippen molar-refractivity contribution >= 4 is 22.8 Å².